The molecule has 40 heavy (non-hydrogen) atoms. The molecule has 1 saturated heterocycles. The molecule has 3 aromatic rings. The molecule has 2 aromatic heterocycles. The number of fused-ring (bicyclic) bond motifs is 1. The molecule has 3 heterocycles. The van der Waals surface area contributed by atoms with Crippen molar-refractivity contribution in [1.82, 2.24) is 29.2 Å². The topological polar surface area (TPSA) is 124 Å². The fourth-order valence-electron chi connectivity index (χ4n) is 4.34. The number of likely N-dealkylation sites (N-methyl/N-ethyl adjacent to an activating group) is 1. The van der Waals surface area contributed by atoms with E-state index in [1.807, 2.05) is 12.1 Å². The highest BCUT2D eigenvalue weighted by atomic mass is 16.3. The fraction of sp³-hybridized carbons (Fsp3) is 0.393. The number of carbonyl (C=O) groups is 1. The Bertz CT molecular complexity index is 1460. The number of allylic oxidation sites excluding steroid dienone is 3. The van der Waals surface area contributed by atoms with Crippen molar-refractivity contribution < 1.29 is 9.90 Å². The maximum absolute atomic E-state index is 13.3. The standard InChI is InChI=1S/C28H37N9O3/c1-6-8-24(32-36(20-39)28(3,4)19-38)37-25-23(26(40)35(37)13-7-2)18-29-27(31-25)30-21-9-11-22(12-10-21)34-16-14-33(5)15-17-34/h6-12,18,20,38H,2,13-17,19H2,1,3-5H3,(H,29,30,31)/b8-6-,32-24+. The predicted octanol–water partition coefficient (Wildman–Crippen LogP) is 2.24. The third-order valence-electron chi connectivity index (χ3n) is 6.82. The number of amides is 1. The lowest BCUT2D eigenvalue weighted by atomic mass is 10.1. The zero-order valence-corrected chi connectivity index (χ0v) is 23.5. The van der Waals surface area contributed by atoms with Gasteiger partial charge in [0.05, 0.1) is 18.7 Å². The first-order valence-electron chi connectivity index (χ1n) is 13.2. The van der Waals surface area contributed by atoms with Crippen LogP contribution in [0.3, 0.4) is 0 Å². The van der Waals surface area contributed by atoms with E-state index in [0.717, 1.165) is 42.6 Å². The maximum atomic E-state index is 13.3. The lowest BCUT2D eigenvalue weighted by Crippen LogP contribution is -2.44. The summed E-state index contributed by atoms with van der Waals surface area (Å²) >= 11 is 0. The molecule has 0 unspecified atom stereocenters. The van der Waals surface area contributed by atoms with Crippen LogP contribution >= 0.6 is 0 Å². The molecule has 0 bridgehead atoms. The largest absolute Gasteiger partial charge is 0.394 e. The summed E-state index contributed by atoms with van der Waals surface area (Å²) in [6, 6.07) is 8.08. The van der Waals surface area contributed by atoms with Gasteiger partial charge in [-0.25, -0.2) is 19.4 Å². The molecule has 12 heteroatoms. The number of rotatable bonds is 10. The van der Waals surface area contributed by atoms with Gasteiger partial charge in [0.25, 0.3) is 5.56 Å². The lowest BCUT2D eigenvalue weighted by Gasteiger charge is -2.34. The Morgan fingerprint density at radius 2 is 1.93 bits per heavy atom. The molecule has 12 nitrogen and oxygen atoms in total. The third-order valence-corrected chi connectivity index (χ3v) is 6.82. The third kappa shape index (κ3) is 5.97. The number of aromatic nitrogens is 4. The average Bonchev–Trinajstić information content (AvgIpc) is 3.22. The van der Waals surface area contributed by atoms with Crippen LogP contribution in [0.2, 0.25) is 0 Å². The first-order valence-corrected chi connectivity index (χ1v) is 13.2. The van der Waals surface area contributed by atoms with E-state index in [1.165, 1.54) is 15.6 Å². The summed E-state index contributed by atoms with van der Waals surface area (Å²) in [6.07, 6.45) is 7.01. The van der Waals surface area contributed by atoms with E-state index < -0.39 is 5.54 Å². The highest BCUT2D eigenvalue weighted by molar-refractivity contribution is 5.99. The number of benzene rings is 1. The van der Waals surface area contributed by atoms with Gasteiger partial charge in [-0.2, -0.15) is 4.98 Å². The number of hydrogen-bond donors (Lipinski definition) is 2. The molecule has 1 aliphatic rings. The number of carbonyl (C=O) groups excluding carboxylic acids is 1. The molecular weight excluding hydrogens is 510 g/mol. The minimum Gasteiger partial charge on any atom is -0.394 e. The van der Waals surface area contributed by atoms with Gasteiger partial charge in [-0.15, -0.1) is 11.7 Å². The van der Waals surface area contributed by atoms with E-state index in [0.29, 0.717) is 18.0 Å². The molecule has 0 aliphatic carbocycles. The van der Waals surface area contributed by atoms with E-state index in [1.54, 1.807) is 39.0 Å². The van der Waals surface area contributed by atoms with E-state index in [9.17, 15) is 14.7 Å². The summed E-state index contributed by atoms with van der Waals surface area (Å²) < 4.78 is 2.96. The molecule has 1 fully saturated rings. The molecule has 1 aliphatic heterocycles. The van der Waals surface area contributed by atoms with Crippen molar-refractivity contribution in [2.45, 2.75) is 32.9 Å². The Hall–Kier alpha value is -4.29. The van der Waals surface area contributed by atoms with Gasteiger partial charge in [-0.3, -0.25) is 9.59 Å². The number of nitrogens with one attached hydrogen (secondary N) is 1. The summed E-state index contributed by atoms with van der Waals surface area (Å²) in [4.78, 5) is 39.0. The Balaban J connectivity index is 1.74. The highest BCUT2D eigenvalue weighted by Crippen LogP contribution is 2.22. The molecule has 0 radical (unpaired) electrons. The SMILES string of the molecule is C=CCn1c(=O)c2cnc(Nc3ccc(N4CCN(C)CC4)cc3)nc2n1C(/C=C\C)=N/N(C=O)C(C)(C)CO. The Morgan fingerprint density at radius 1 is 1.23 bits per heavy atom. The molecular formula is C28H37N9O3. The normalized spacial score (nSPS) is 15.1. The van der Waals surface area contributed by atoms with Crippen molar-refractivity contribution in [1.29, 1.82) is 0 Å². The first-order chi connectivity index (χ1) is 19.2. The average molecular weight is 548 g/mol. The summed E-state index contributed by atoms with van der Waals surface area (Å²) in [6.45, 7) is 12.8. The number of piperazine rings is 1. The zero-order chi connectivity index (χ0) is 28.9. The second kappa shape index (κ2) is 12.3. The number of nitrogens with zero attached hydrogens (tertiary/aromatic N) is 8. The van der Waals surface area contributed by atoms with Crippen molar-refractivity contribution in [3.63, 3.8) is 0 Å². The van der Waals surface area contributed by atoms with Crippen LogP contribution in [0, 0.1) is 0 Å². The number of aliphatic hydroxyl groups is 1. The van der Waals surface area contributed by atoms with Crippen LogP contribution in [-0.2, 0) is 11.3 Å². The second-order valence-electron chi connectivity index (χ2n) is 10.3. The monoisotopic (exact) mass is 547 g/mol. The Morgan fingerprint density at radius 3 is 2.52 bits per heavy atom. The van der Waals surface area contributed by atoms with Crippen molar-refractivity contribution in [2.24, 2.45) is 5.10 Å². The van der Waals surface area contributed by atoms with Crippen LogP contribution in [0.5, 0.6) is 0 Å². The first kappa shape index (κ1) is 28.7. The number of aliphatic hydroxyl groups excluding tert-OH is 1. The summed E-state index contributed by atoms with van der Waals surface area (Å²) in [7, 11) is 2.13. The number of anilines is 3. The molecule has 0 spiro atoms. The molecule has 212 valence electrons. The lowest BCUT2D eigenvalue weighted by molar-refractivity contribution is -0.124. The van der Waals surface area contributed by atoms with Crippen LogP contribution < -0.4 is 15.8 Å². The van der Waals surface area contributed by atoms with Crippen LogP contribution in [-0.4, -0.2) is 92.0 Å². The quantitative estimate of drug-likeness (QED) is 0.130. The summed E-state index contributed by atoms with van der Waals surface area (Å²) in [5.41, 5.74) is 0.968. The predicted molar refractivity (Wildman–Crippen MR) is 158 cm³/mol. The molecule has 1 amide bonds. The minimum atomic E-state index is -0.973. The fourth-order valence-corrected chi connectivity index (χ4v) is 4.34. The maximum Gasteiger partial charge on any atom is 0.278 e. The Labute approximate surface area is 233 Å². The van der Waals surface area contributed by atoms with Crippen molar-refractivity contribution in [3.05, 3.63) is 65.6 Å². The smallest absolute Gasteiger partial charge is 0.278 e. The minimum absolute atomic E-state index is 0.173. The molecule has 0 atom stereocenters. The molecule has 4 rings (SSSR count). The van der Waals surface area contributed by atoms with Crippen LogP contribution in [0.25, 0.3) is 11.0 Å². The van der Waals surface area contributed by atoms with Crippen LogP contribution in [0.15, 0.2) is 65.2 Å². The van der Waals surface area contributed by atoms with Crippen molar-refractivity contribution in [2.75, 3.05) is 50.1 Å². The number of hydrazone groups is 1. The highest BCUT2D eigenvalue weighted by Gasteiger charge is 2.26. The van der Waals surface area contributed by atoms with Gasteiger partial charge < -0.3 is 20.2 Å². The Kier molecular flexibility index (Phi) is 8.80. The van der Waals surface area contributed by atoms with Gasteiger partial charge in [-0.05, 0) is 58.2 Å². The van der Waals surface area contributed by atoms with E-state index >= 15 is 0 Å². The van der Waals surface area contributed by atoms with Gasteiger partial charge in [0.2, 0.25) is 12.4 Å². The van der Waals surface area contributed by atoms with Crippen molar-refractivity contribution >= 4 is 40.6 Å². The van der Waals surface area contributed by atoms with Crippen LogP contribution in [0.4, 0.5) is 17.3 Å². The van der Waals surface area contributed by atoms with Gasteiger partial charge >= 0.3 is 0 Å². The summed E-state index contributed by atoms with van der Waals surface area (Å²) in [5, 5.41) is 18.9. The van der Waals surface area contributed by atoms with Gasteiger partial charge in [0.1, 0.15) is 5.39 Å². The van der Waals surface area contributed by atoms with Crippen molar-refractivity contribution in [3.8, 4) is 0 Å². The van der Waals surface area contributed by atoms with Crippen LogP contribution in [0.1, 0.15) is 20.8 Å². The second-order valence-corrected chi connectivity index (χ2v) is 10.3. The van der Waals surface area contributed by atoms with Gasteiger partial charge in [-0.1, -0.05) is 12.2 Å². The van der Waals surface area contributed by atoms with Gasteiger partial charge in [0.15, 0.2) is 11.5 Å². The van der Waals surface area contributed by atoms with Gasteiger partial charge in [0, 0.05) is 43.8 Å². The number of hydrogen-bond acceptors (Lipinski definition) is 9. The van der Waals surface area contributed by atoms with E-state index in [2.05, 4.69) is 55.9 Å². The molecule has 1 aromatic carbocycles. The van der Waals surface area contributed by atoms with E-state index in [-0.39, 0.29) is 29.9 Å². The van der Waals surface area contributed by atoms with E-state index in [4.69, 9.17) is 0 Å². The summed E-state index contributed by atoms with van der Waals surface area (Å²) in [5.74, 6) is 0.554. The zero-order valence-electron chi connectivity index (χ0n) is 23.5. The molecule has 2 N–H and O–H groups in total. The molecule has 0 saturated carbocycles.